The summed E-state index contributed by atoms with van der Waals surface area (Å²) in [4.78, 5) is 9.30. The van der Waals surface area contributed by atoms with Gasteiger partial charge >= 0.3 is 0 Å². The molecule has 0 aliphatic carbocycles. The average molecular weight is 512 g/mol. The van der Waals surface area contributed by atoms with Crippen LogP contribution in [0.5, 0.6) is 0 Å². The fourth-order valence-corrected chi connectivity index (χ4v) is 3.42. The zero-order valence-corrected chi connectivity index (χ0v) is 20.0. The zero-order valence-electron chi connectivity index (χ0n) is 17.6. The molecule has 0 bridgehead atoms. The summed E-state index contributed by atoms with van der Waals surface area (Å²) in [6, 6.07) is 9.13. The van der Waals surface area contributed by atoms with E-state index in [-0.39, 0.29) is 24.0 Å². The van der Waals surface area contributed by atoms with Gasteiger partial charge in [0, 0.05) is 32.7 Å². The van der Waals surface area contributed by atoms with Crippen molar-refractivity contribution in [2.45, 2.75) is 58.7 Å². The molecule has 1 aliphatic heterocycles. The SMILES string of the molecule is CCNC(=NCCc1ccc(CC)cc1)NC1CCc2nc(COC)nn2C1.I. The first-order valence-corrected chi connectivity index (χ1v) is 10.3. The smallest absolute Gasteiger partial charge is 0.191 e. The van der Waals surface area contributed by atoms with Crippen LogP contribution in [0.3, 0.4) is 0 Å². The fourth-order valence-electron chi connectivity index (χ4n) is 3.42. The van der Waals surface area contributed by atoms with E-state index < -0.39 is 0 Å². The first kappa shape index (κ1) is 23.6. The van der Waals surface area contributed by atoms with Gasteiger partial charge in [-0.2, -0.15) is 5.10 Å². The molecule has 0 fully saturated rings. The normalized spacial score (nSPS) is 16.1. The number of ether oxygens (including phenoxy) is 1. The van der Waals surface area contributed by atoms with Crippen molar-refractivity contribution in [1.29, 1.82) is 0 Å². The van der Waals surface area contributed by atoms with Crippen molar-refractivity contribution >= 4 is 29.9 Å². The molecule has 0 saturated carbocycles. The van der Waals surface area contributed by atoms with E-state index in [1.807, 2.05) is 4.68 Å². The van der Waals surface area contributed by atoms with E-state index >= 15 is 0 Å². The van der Waals surface area contributed by atoms with Crippen LogP contribution in [0, 0.1) is 0 Å². The molecule has 29 heavy (non-hydrogen) atoms. The van der Waals surface area contributed by atoms with Crippen molar-refractivity contribution in [3.63, 3.8) is 0 Å². The van der Waals surface area contributed by atoms with Gasteiger partial charge in [0.1, 0.15) is 12.4 Å². The molecule has 1 atom stereocenters. The molecule has 0 spiro atoms. The van der Waals surface area contributed by atoms with Crippen LogP contribution in [0.15, 0.2) is 29.3 Å². The van der Waals surface area contributed by atoms with Crippen molar-refractivity contribution in [2.75, 3.05) is 20.2 Å². The Morgan fingerprint density at radius 3 is 2.69 bits per heavy atom. The predicted molar refractivity (Wildman–Crippen MR) is 127 cm³/mol. The number of rotatable bonds is 8. The summed E-state index contributed by atoms with van der Waals surface area (Å²) >= 11 is 0. The van der Waals surface area contributed by atoms with Gasteiger partial charge < -0.3 is 15.4 Å². The van der Waals surface area contributed by atoms with Gasteiger partial charge in [-0.3, -0.25) is 4.99 Å². The lowest BCUT2D eigenvalue weighted by Gasteiger charge is -2.25. The molecule has 0 saturated heterocycles. The number of benzene rings is 1. The lowest BCUT2D eigenvalue weighted by molar-refractivity contribution is 0.177. The second-order valence-corrected chi connectivity index (χ2v) is 7.12. The third-order valence-corrected chi connectivity index (χ3v) is 4.96. The van der Waals surface area contributed by atoms with Crippen LogP contribution < -0.4 is 10.6 Å². The fraction of sp³-hybridized carbons (Fsp3) is 0.571. The molecule has 8 heteroatoms. The topological polar surface area (TPSA) is 76.4 Å². The highest BCUT2D eigenvalue weighted by Crippen LogP contribution is 2.13. The number of halogens is 1. The highest BCUT2D eigenvalue weighted by molar-refractivity contribution is 14.0. The standard InChI is InChI=1S/C21H32N6O.HI/c1-4-16-6-8-17(9-7-16)12-13-23-21(22-5-2)24-18-10-11-20-25-19(15-28-3)26-27(20)14-18;/h6-9,18H,4-5,10-15H2,1-3H3,(H2,22,23,24);1H. The lowest BCUT2D eigenvalue weighted by Crippen LogP contribution is -2.47. The molecule has 1 aromatic heterocycles. The average Bonchev–Trinajstić information content (AvgIpc) is 3.10. The number of methoxy groups -OCH3 is 1. The summed E-state index contributed by atoms with van der Waals surface area (Å²) in [6.45, 7) is 7.14. The maximum atomic E-state index is 5.14. The molecule has 7 nitrogen and oxygen atoms in total. The molecule has 1 aromatic carbocycles. The minimum absolute atomic E-state index is 0. The van der Waals surface area contributed by atoms with Gasteiger partial charge in [0.25, 0.3) is 0 Å². The highest BCUT2D eigenvalue weighted by Gasteiger charge is 2.22. The summed E-state index contributed by atoms with van der Waals surface area (Å²) in [5.74, 6) is 2.67. The maximum absolute atomic E-state index is 5.14. The van der Waals surface area contributed by atoms with Gasteiger partial charge in [-0.05, 0) is 37.3 Å². The Hall–Kier alpha value is -1.68. The highest BCUT2D eigenvalue weighted by atomic mass is 127. The van der Waals surface area contributed by atoms with Gasteiger partial charge in [0.2, 0.25) is 0 Å². The molecule has 3 rings (SSSR count). The first-order valence-electron chi connectivity index (χ1n) is 10.3. The minimum atomic E-state index is 0. The van der Waals surface area contributed by atoms with Crippen molar-refractivity contribution in [1.82, 2.24) is 25.4 Å². The van der Waals surface area contributed by atoms with Gasteiger partial charge in [0.05, 0.1) is 6.54 Å². The number of aromatic nitrogens is 3. The molecule has 1 unspecified atom stereocenters. The van der Waals surface area contributed by atoms with Gasteiger partial charge in [0.15, 0.2) is 11.8 Å². The Kier molecular flexibility index (Phi) is 9.86. The van der Waals surface area contributed by atoms with Crippen molar-refractivity contribution in [3.8, 4) is 0 Å². The molecule has 2 N–H and O–H groups in total. The number of aryl methyl sites for hydroxylation is 2. The summed E-state index contributed by atoms with van der Waals surface area (Å²) in [6.07, 6.45) is 3.96. The van der Waals surface area contributed by atoms with Gasteiger partial charge in [-0.15, -0.1) is 24.0 Å². The Labute approximate surface area is 190 Å². The Morgan fingerprint density at radius 1 is 1.24 bits per heavy atom. The Balaban J connectivity index is 0.00000300. The summed E-state index contributed by atoms with van der Waals surface area (Å²) < 4.78 is 7.13. The molecule has 2 heterocycles. The number of nitrogens with zero attached hydrogens (tertiary/aromatic N) is 4. The number of fused-ring (bicyclic) bond motifs is 1. The first-order chi connectivity index (χ1) is 13.7. The Morgan fingerprint density at radius 2 is 2.00 bits per heavy atom. The lowest BCUT2D eigenvalue weighted by atomic mass is 10.1. The van der Waals surface area contributed by atoms with Crippen molar-refractivity contribution in [2.24, 2.45) is 4.99 Å². The number of guanidine groups is 1. The van der Waals surface area contributed by atoms with Crippen LogP contribution in [0.2, 0.25) is 0 Å². The molecular weight excluding hydrogens is 479 g/mol. The number of hydrogen-bond acceptors (Lipinski definition) is 4. The third-order valence-electron chi connectivity index (χ3n) is 4.96. The van der Waals surface area contributed by atoms with Crippen LogP contribution in [0.4, 0.5) is 0 Å². The summed E-state index contributed by atoms with van der Waals surface area (Å²) in [5, 5.41) is 11.5. The van der Waals surface area contributed by atoms with E-state index in [9.17, 15) is 0 Å². The second-order valence-electron chi connectivity index (χ2n) is 7.12. The van der Waals surface area contributed by atoms with Crippen LogP contribution in [-0.4, -0.2) is 47.0 Å². The predicted octanol–water partition coefficient (Wildman–Crippen LogP) is 2.72. The van der Waals surface area contributed by atoms with E-state index in [1.54, 1.807) is 7.11 Å². The van der Waals surface area contributed by atoms with Crippen LogP contribution in [0.1, 0.15) is 43.0 Å². The molecule has 1 aliphatic rings. The van der Waals surface area contributed by atoms with E-state index in [0.717, 1.165) is 62.9 Å². The van der Waals surface area contributed by atoms with Crippen LogP contribution >= 0.6 is 24.0 Å². The molecule has 2 aromatic rings. The van der Waals surface area contributed by atoms with E-state index in [1.165, 1.54) is 11.1 Å². The van der Waals surface area contributed by atoms with Crippen LogP contribution in [-0.2, 0) is 37.2 Å². The molecular formula is C21H33IN6O. The number of aliphatic imine (C=N–C) groups is 1. The summed E-state index contributed by atoms with van der Waals surface area (Å²) in [7, 11) is 1.67. The van der Waals surface area contributed by atoms with Crippen molar-refractivity contribution < 1.29 is 4.74 Å². The second kappa shape index (κ2) is 12.1. The maximum Gasteiger partial charge on any atom is 0.191 e. The zero-order chi connectivity index (χ0) is 19.8. The van der Waals surface area contributed by atoms with Gasteiger partial charge in [-0.25, -0.2) is 9.67 Å². The van der Waals surface area contributed by atoms with E-state index in [2.05, 4.69) is 58.8 Å². The third kappa shape index (κ3) is 6.95. The largest absolute Gasteiger partial charge is 0.377 e. The summed E-state index contributed by atoms with van der Waals surface area (Å²) in [5.41, 5.74) is 2.70. The van der Waals surface area contributed by atoms with E-state index in [4.69, 9.17) is 9.73 Å². The molecule has 0 radical (unpaired) electrons. The van der Waals surface area contributed by atoms with E-state index in [0.29, 0.717) is 12.6 Å². The van der Waals surface area contributed by atoms with Crippen molar-refractivity contribution in [3.05, 3.63) is 47.0 Å². The molecule has 0 amide bonds. The quantitative estimate of drug-likeness (QED) is 0.323. The number of nitrogens with one attached hydrogen (secondary N) is 2. The molecule has 160 valence electrons. The monoisotopic (exact) mass is 512 g/mol. The number of hydrogen-bond donors (Lipinski definition) is 2. The van der Waals surface area contributed by atoms with Crippen LogP contribution in [0.25, 0.3) is 0 Å². The Bertz CT molecular complexity index is 774. The minimum Gasteiger partial charge on any atom is -0.377 e. The van der Waals surface area contributed by atoms with Gasteiger partial charge in [-0.1, -0.05) is 31.2 Å².